The molecule has 1 aliphatic carbocycles. The molecule has 1 amide bonds. The molecule has 1 saturated carbocycles. The molecule has 2 saturated heterocycles. The standard InChI is InChI=1S/C40H67N13O4/c1-40(2,3)57-38(55)32(41)16-17-33(54)50-22-24-51(25-23-50)39-44-36(35-37(45-39)53(29-43-35)34-15-9-10-26-56-34)42-27-30-28-52(47-46-30)21-12-19-48(4)18-11-20-49(5)31-13-7-6-8-14-31/h28-29,31-32,34H,6-27,41H2,1-5H3,(H,42,44,45)/t32-,34?/m0/s1. The van der Waals surface area contributed by atoms with Gasteiger partial charge < -0.3 is 40.1 Å². The number of hydrogen-bond donors (Lipinski definition) is 2. The van der Waals surface area contributed by atoms with Gasteiger partial charge in [0, 0.05) is 51.8 Å². The number of aromatic nitrogens is 7. The van der Waals surface area contributed by atoms with E-state index in [0.29, 0.717) is 62.3 Å². The van der Waals surface area contributed by atoms with Crippen molar-refractivity contribution in [2.45, 2.75) is 135 Å². The Labute approximate surface area is 338 Å². The van der Waals surface area contributed by atoms with Crippen molar-refractivity contribution >= 4 is 34.8 Å². The second kappa shape index (κ2) is 20.2. The number of nitrogens with one attached hydrogen (secondary N) is 1. The summed E-state index contributed by atoms with van der Waals surface area (Å²) in [4.78, 5) is 49.0. The monoisotopic (exact) mass is 794 g/mol. The Bertz CT molecular complexity index is 1720. The highest BCUT2D eigenvalue weighted by Gasteiger charge is 2.28. The smallest absolute Gasteiger partial charge is 0.323 e. The van der Waals surface area contributed by atoms with Crippen molar-refractivity contribution in [3.63, 3.8) is 0 Å². The van der Waals surface area contributed by atoms with E-state index in [0.717, 1.165) is 63.6 Å². The summed E-state index contributed by atoms with van der Waals surface area (Å²) in [6.45, 7) is 12.7. The molecule has 3 aliphatic rings. The minimum atomic E-state index is -0.840. The van der Waals surface area contributed by atoms with Crippen LogP contribution in [-0.2, 0) is 32.2 Å². The maximum atomic E-state index is 13.1. The lowest BCUT2D eigenvalue weighted by molar-refractivity contribution is -0.156. The van der Waals surface area contributed by atoms with Crippen molar-refractivity contribution in [2.24, 2.45) is 5.73 Å². The lowest BCUT2D eigenvalue weighted by Crippen LogP contribution is -2.49. The molecular weight excluding hydrogens is 727 g/mol. The Morgan fingerprint density at radius 1 is 1.00 bits per heavy atom. The van der Waals surface area contributed by atoms with Crippen LogP contribution >= 0.6 is 0 Å². The highest BCUT2D eigenvalue weighted by atomic mass is 16.6. The van der Waals surface area contributed by atoms with E-state index < -0.39 is 17.6 Å². The van der Waals surface area contributed by atoms with Crippen molar-refractivity contribution in [1.82, 2.24) is 49.2 Å². The fraction of sp³-hybridized carbons (Fsp3) is 0.775. The molecule has 1 unspecified atom stereocenters. The summed E-state index contributed by atoms with van der Waals surface area (Å²) in [6, 6.07) is -0.0689. The van der Waals surface area contributed by atoms with Gasteiger partial charge in [0.25, 0.3) is 0 Å². The second-order valence-electron chi connectivity index (χ2n) is 17.2. The number of nitrogens with zero attached hydrogens (tertiary/aromatic N) is 11. The molecule has 0 radical (unpaired) electrons. The fourth-order valence-electron chi connectivity index (χ4n) is 8.02. The maximum absolute atomic E-state index is 13.1. The number of piperazine rings is 1. The van der Waals surface area contributed by atoms with E-state index in [1.54, 1.807) is 27.1 Å². The molecular formula is C40H67N13O4. The number of nitrogens with two attached hydrogens (primary N) is 1. The van der Waals surface area contributed by atoms with Gasteiger partial charge in [0.2, 0.25) is 11.9 Å². The van der Waals surface area contributed by atoms with Crippen LogP contribution in [0.15, 0.2) is 12.5 Å². The predicted octanol–water partition coefficient (Wildman–Crippen LogP) is 3.80. The Hall–Kier alpha value is -3.93. The zero-order valence-corrected chi connectivity index (χ0v) is 35.1. The lowest BCUT2D eigenvalue weighted by Gasteiger charge is -2.35. The van der Waals surface area contributed by atoms with E-state index in [4.69, 9.17) is 30.2 Å². The van der Waals surface area contributed by atoms with Crippen LogP contribution in [0.2, 0.25) is 0 Å². The minimum absolute atomic E-state index is 0.0342. The average molecular weight is 794 g/mol. The number of anilines is 2. The highest BCUT2D eigenvalue weighted by Crippen LogP contribution is 2.30. The molecule has 17 nitrogen and oxygen atoms in total. The maximum Gasteiger partial charge on any atom is 0.323 e. The van der Waals surface area contributed by atoms with Crippen LogP contribution in [-0.4, -0.2) is 145 Å². The SMILES string of the molecule is CN(CCCN(C)C1CCCCC1)CCCn1cc(CNc2nc(N3CCN(C(=O)CC[C@H](N)C(=O)OC(C)(C)C)CC3)nc3c2ncn3C2CCCCO2)nn1. The van der Waals surface area contributed by atoms with Crippen LogP contribution < -0.4 is 16.0 Å². The van der Waals surface area contributed by atoms with Gasteiger partial charge in [-0.2, -0.15) is 9.97 Å². The van der Waals surface area contributed by atoms with Gasteiger partial charge in [0.15, 0.2) is 17.0 Å². The Kier molecular flexibility index (Phi) is 15.1. The summed E-state index contributed by atoms with van der Waals surface area (Å²) in [6.07, 6.45) is 16.1. The van der Waals surface area contributed by atoms with Crippen LogP contribution in [0.1, 0.15) is 110 Å². The zero-order chi connectivity index (χ0) is 40.4. The number of carbonyl (C=O) groups excluding carboxylic acids is 2. The number of carbonyl (C=O) groups is 2. The summed E-state index contributed by atoms with van der Waals surface area (Å²) in [5.41, 5.74) is 7.61. The van der Waals surface area contributed by atoms with Crippen molar-refractivity contribution < 1.29 is 19.1 Å². The Balaban J connectivity index is 1.02. The molecule has 0 aromatic carbocycles. The van der Waals surface area contributed by atoms with Gasteiger partial charge >= 0.3 is 5.97 Å². The van der Waals surface area contributed by atoms with Crippen LogP contribution in [0.4, 0.5) is 11.8 Å². The topological polar surface area (TPSA) is 178 Å². The van der Waals surface area contributed by atoms with E-state index in [1.807, 2.05) is 20.3 Å². The third-order valence-corrected chi connectivity index (χ3v) is 11.4. The minimum Gasteiger partial charge on any atom is -0.459 e. The molecule has 57 heavy (non-hydrogen) atoms. The molecule has 3 N–H and O–H groups in total. The summed E-state index contributed by atoms with van der Waals surface area (Å²) in [5.74, 6) is 0.657. The van der Waals surface area contributed by atoms with E-state index >= 15 is 0 Å². The Morgan fingerprint density at radius 3 is 2.49 bits per heavy atom. The number of amides is 1. The summed E-state index contributed by atoms with van der Waals surface area (Å²) in [5, 5.41) is 12.3. The zero-order valence-electron chi connectivity index (χ0n) is 35.1. The van der Waals surface area contributed by atoms with Crippen LogP contribution in [0.3, 0.4) is 0 Å². The summed E-state index contributed by atoms with van der Waals surface area (Å²) < 4.78 is 15.4. The van der Waals surface area contributed by atoms with Crippen molar-refractivity contribution in [3.05, 3.63) is 18.2 Å². The molecule has 0 bridgehead atoms. The van der Waals surface area contributed by atoms with Gasteiger partial charge in [0.1, 0.15) is 23.6 Å². The number of fused-ring (bicyclic) bond motifs is 1. The predicted molar refractivity (Wildman–Crippen MR) is 220 cm³/mol. The molecule has 2 atom stereocenters. The first-order chi connectivity index (χ1) is 27.4. The quantitative estimate of drug-likeness (QED) is 0.178. The number of imidazole rings is 1. The van der Waals surface area contributed by atoms with E-state index in [9.17, 15) is 9.59 Å². The van der Waals surface area contributed by atoms with Gasteiger partial charge in [-0.1, -0.05) is 24.5 Å². The van der Waals surface area contributed by atoms with Gasteiger partial charge in [-0.05, 0) is 106 Å². The first-order valence-electron chi connectivity index (χ1n) is 21.3. The fourth-order valence-corrected chi connectivity index (χ4v) is 8.02. The Morgan fingerprint density at radius 2 is 1.75 bits per heavy atom. The van der Waals surface area contributed by atoms with Crippen LogP contribution in [0.25, 0.3) is 11.2 Å². The van der Waals surface area contributed by atoms with Crippen molar-refractivity contribution in [1.29, 1.82) is 0 Å². The molecule has 3 aromatic rings. The van der Waals surface area contributed by atoms with Crippen LogP contribution in [0, 0.1) is 0 Å². The molecule has 2 aliphatic heterocycles. The van der Waals surface area contributed by atoms with Gasteiger partial charge in [-0.15, -0.1) is 5.10 Å². The number of rotatable bonds is 18. The van der Waals surface area contributed by atoms with E-state index in [-0.39, 0.29) is 25.0 Å². The van der Waals surface area contributed by atoms with Crippen molar-refractivity contribution in [2.75, 3.05) is 76.7 Å². The second-order valence-corrected chi connectivity index (χ2v) is 17.2. The normalized spacial score (nSPS) is 19.1. The van der Waals surface area contributed by atoms with E-state index in [1.165, 1.54) is 38.5 Å². The first kappa shape index (κ1) is 42.7. The van der Waals surface area contributed by atoms with Crippen LogP contribution in [0.5, 0.6) is 0 Å². The number of hydrogen-bond acceptors (Lipinski definition) is 14. The largest absolute Gasteiger partial charge is 0.459 e. The average Bonchev–Trinajstić information content (AvgIpc) is 3.86. The van der Waals surface area contributed by atoms with Gasteiger partial charge in [-0.25, -0.2) is 4.98 Å². The van der Waals surface area contributed by atoms with E-state index in [2.05, 4.69) is 44.4 Å². The summed E-state index contributed by atoms with van der Waals surface area (Å²) in [7, 11) is 4.51. The van der Waals surface area contributed by atoms with Crippen molar-refractivity contribution in [3.8, 4) is 0 Å². The molecule has 5 heterocycles. The molecule has 6 rings (SSSR count). The lowest BCUT2D eigenvalue weighted by atomic mass is 9.94. The molecule has 17 heteroatoms. The molecule has 3 fully saturated rings. The molecule has 0 spiro atoms. The summed E-state index contributed by atoms with van der Waals surface area (Å²) >= 11 is 0. The first-order valence-corrected chi connectivity index (χ1v) is 21.3. The highest BCUT2D eigenvalue weighted by molar-refractivity contribution is 5.84. The number of ether oxygens (including phenoxy) is 2. The third-order valence-electron chi connectivity index (χ3n) is 11.4. The number of esters is 1. The molecule has 316 valence electrons. The van der Waals surface area contributed by atoms with Gasteiger partial charge in [0.05, 0.1) is 19.1 Å². The third kappa shape index (κ3) is 12.3. The van der Waals surface area contributed by atoms with Gasteiger partial charge in [-0.3, -0.25) is 18.8 Å². The number of aryl methyl sites for hydroxylation is 1. The molecule has 3 aromatic heterocycles.